The fourth-order valence-electron chi connectivity index (χ4n) is 2.98. The maximum absolute atomic E-state index is 11.4. The van der Waals surface area contributed by atoms with Crippen molar-refractivity contribution in [2.24, 2.45) is 0 Å². The lowest BCUT2D eigenvalue weighted by atomic mass is 10.0. The number of nitrogens with one attached hydrogen (secondary N) is 1. The predicted octanol–water partition coefficient (Wildman–Crippen LogP) is 6.43. The smallest absolute Gasteiger partial charge is 0.305 e. The Balaban J connectivity index is 0. The molecule has 0 radical (unpaired) electrons. The second-order valence-electron chi connectivity index (χ2n) is 7.02. The Morgan fingerprint density at radius 3 is 1.52 bits per heavy atom. The maximum atomic E-state index is 11.4. The monoisotopic (exact) mass is 377 g/mol. The Bertz CT molecular complexity index is 262. The molecule has 0 aliphatic heterocycles. The molecule has 0 saturated heterocycles. The highest BCUT2D eigenvalue weighted by Gasteiger charge is 2.01. The summed E-state index contributed by atoms with van der Waals surface area (Å²) in [5.41, 5.74) is 0. The van der Waals surface area contributed by atoms with Crippen molar-refractivity contribution in [1.82, 2.24) is 5.32 Å². The van der Waals surface area contributed by atoms with Gasteiger partial charge in [0.05, 0.1) is 0 Å². The minimum Gasteiger partial charge on any atom is -0.464 e. The highest BCUT2D eigenvalue weighted by atomic mass is 35.5. The van der Waals surface area contributed by atoms with Gasteiger partial charge in [0.1, 0.15) is 6.61 Å². The Morgan fingerprint density at radius 1 is 0.720 bits per heavy atom. The van der Waals surface area contributed by atoms with Crippen LogP contribution < -0.4 is 5.32 Å². The van der Waals surface area contributed by atoms with Gasteiger partial charge in [-0.25, -0.2) is 0 Å². The summed E-state index contributed by atoms with van der Waals surface area (Å²) in [6, 6.07) is 0. The molecule has 25 heavy (non-hydrogen) atoms. The Kier molecular flexibility index (Phi) is 25.6. The number of hydrogen-bond acceptors (Lipinski definition) is 3. The first-order valence-corrected chi connectivity index (χ1v) is 10.6. The Morgan fingerprint density at radius 2 is 1.12 bits per heavy atom. The molecule has 0 aliphatic rings. The van der Waals surface area contributed by atoms with Gasteiger partial charge in [-0.1, -0.05) is 96.8 Å². The van der Waals surface area contributed by atoms with Crippen LogP contribution >= 0.6 is 12.4 Å². The number of hydrogen-bond donors (Lipinski definition) is 1. The molecule has 0 atom stereocenters. The standard InChI is InChI=1S/C21H43NO2.ClH/c1-3-4-5-6-7-8-9-10-11-12-13-14-15-16-17-18-21(23)24-20-19-22-2;/h22H,3-20H2,1-2H3;1H. The lowest BCUT2D eigenvalue weighted by molar-refractivity contribution is -0.143. The summed E-state index contributed by atoms with van der Waals surface area (Å²) in [6.07, 6.45) is 20.9. The molecule has 3 nitrogen and oxygen atoms in total. The van der Waals surface area contributed by atoms with E-state index < -0.39 is 0 Å². The van der Waals surface area contributed by atoms with E-state index in [-0.39, 0.29) is 18.4 Å². The van der Waals surface area contributed by atoms with Gasteiger partial charge in [-0.05, 0) is 13.5 Å². The van der Waals surface area contributed by atoms with E-state index in [1.54, 1.807) is 0 Å². The van der Waals surface area contributed by atoms with Gasteiger partial charge >= 0.3 is 5.97 Å². The second kappa shape index (κ2) is 23.7. The van der Waals surface area contributed by atoms with Crippen LogP contribution in [0.25, 0.3) is 0 Å². The van der Waals surface area contributed by atoms with E-state index >= 15 is 0 Å². The lowest BCUT2D eigenvalue weighted by Crippen LogP contribution is -2.17. The molecular weight excluding hydrogens is 334 g/mol. The van der Waals surface area contributed by atoms with Crippen molar-refractivity contribution in [2.75, 3.05) is 20.2 Å². The third kappa shape index (κ3) is 23.7. The van der Waals surface area contributed by atoms with Crippen LogP contribution in [-0.4, -0.2) is 26.2 Å². The summed E-state index contributed by atoms with van der Waals surface area (Å²) in [7, 11) is 1.86. The molecule has 1 N–H and O–H groups in total. The summed E-state index contributed by atoms with van der Waals surface area (Å²) in [6.45, 7) is 3.51. The van der Waals surface area contributed by atoms with Crippen molar-refractivity contribution in [3.05, 3.63) is 0 Å². The molecule has 0 bridgehead atoms. The summed E-state index contributed by atoms with van der Waals surface area (Å²) in [4.78, 5) is 11.4. The zero-order valence-corrected chi connectivity index (χ0v) is 17.8. The fourth-order valence-corrected chi connectivity index (χ4v) is 2.98. The number of likely N-dealkylation sites (N-methyl/N-ethyl adjacent to an activating group) is 1. The van der Waals surface area contributed by atoms with Crippen LogP contribution in [0, 0.1) is 0 Å². The molecule has 0 unspecified atom stereocenters. The average molecular weight is 378 g/mol. The van der Waals surface area contributed by atoms with Gasteiger partial charge < -0.3 is 10.1 Å². The molecule has 0 heterocycles. The molecule has 0 fully saturated rings. The number of carbonyl (C=O) groups excluding carboxylic acids is 1. The topological polar surface area (TPSA) is 38.3 Å². The number of ether oxygens (including phenoxy) is 1. The van der Waals surface area contributed by atoms with E-state index in [1.165, 1.54) is 89.9 Å². The third-order valence-corrected chi connectivity index (χ3v) is 4.60. The van der Waals surface area contributed by atoms with Crippen LogP contribution in [0.5, 0.6) is 0 Å². The number of esters is 1. The minimum atomic E-state index is -0.0417. The lowest BCUT2D eigenvalue weighted by Gasteiger charge is -2.05. The quantitative estimate of drug-likeness (QED) is 0.208. The predicted molar refractivity (Wildman–Crippen MR) is 112 cm³/mol. The SMILES string of the molecule is CCCCCCCCCCCCCCCCCC(=O)OCCNC.Cl. The highest BCUT2D eigenvalue weighted by Crippen LogP contribution is 2.13. The molecule has 0 rings (SSSR count). The Hall–Kier alpha value is -0.280. The molecule has 4 heteroatoms. The van der Waals surface area contributed by atoms with Crippen molar-refractivity contribution in [3.8, 4) is 0 Å². The maximum Gasteiger partial charge on any atom is 0.305 e. The number of carbonyl (C=O) groups is 1. The van der Waals surface area contributed by atoms with Gasteiger partial charge in [0.2, 0.25) is 0 Å². The number of unbranched alkanes of at least 4 members (excludes halogenated alkanes) is 14. The Labute approximate surface area is 163 Å². The average Bonchev–Trinajstić information content (AvgIpc) is 2.58. The van der Waals surface area contributed by atoms with Crippen LogP contribution in [0.3, 0.4) is 0 Å². The molecule has 0 aromatic carbocycles. The molecule has 0 aromatic heterocycles. The zero-order valence-electron chi connectivity index (χ0n) is 17.0. The molecule has 0 aromatic rings. The summed E-state index contributed by atoms with van der Waals surface area (Å²) in [5, 5.41) is 2.97. The summed E-state index contributed by atoms with van der Waals surface area (Å²) in [5.74, 6) is -0.0417. The molecule has 0 aliphatic carbocycles. The minimum absolute atomic E-state index is 0. The summed E-state index contributed by atoms with van der Waals surface area (Å²) < 4.78 is 5.10. The van der Waals surface area contributed by atoms with E-state index in [1.807, 2.05) is 7.05 Å². The van der Waals surface area contributed by atoms with E-state index in [2.05, 4.69) is 12.2 Å². The highest BCUT2D eigenvalue weighted by molar-refractivity contribution is 5.85. The van der Waals surface area contributed by atoms with Crippen LogP contribution in [-0.2, 0) is 9.53 Å². The van der Waals surface area contributed by atoms with Crippen LogP contribution in [0.2, 0.25) is 0 Å². The fraction of sp³-hybridized carbons (Fsp3) is 0.952. The largest absolute Gasteiger partial charge is 0.464 e. The molecular formula is C21H44ClNO2. The second-order valence-corrected chi connectivity index (χ2v) is 7.02. The van der Waals surface area contributed by atoms with Crippen LogP contribution in [0.15, 0.2) is 0 Å². The molecule has 152 valence electrons. The first kappa shape index (κ1) is 26.9. The van der Waals surface area contributed by atoms with E-state index in [9.17, 15) is 4.79 Å². The van der Waals surface area contributed by atoms with Gasteiger partial charge in [0, 0.05) is 13.0 Å². The van der Waals surface area contributed by atoms with Gasteiger partial charge in [-0.15, -0.1) is 12.4 Å². The molecule has 0 spiro atoms. The van der Waals surface area contributed by atoms with Crippen molar-refractivity contribution >= 4 is 18.4 Å². The van der Waals surface area contributed by atoms with Crippen LogP contribution in [0.1, 0.15) is 110 Å². The third-order valence-electron chi connectivity index (χ3n) is 4.60. The first-order valence-electron chi connectivity index (χ1n) is 10.6. The van der Waals surface area contributed by atoms with Crippen molar-refractivity contribution in [2.45, 2.75) is 110 Å². The van der Waals surface area contributed by atoms with Gasteiger partial charge in [-0.2, -0.15) is 0 Å². The van der Waals surface area contributed by atoms with E-state index in [0.29, 0.717) is 13.0 Å². The van der Waals surface area contributed by atoms with E-state index in [4.69, 9.17) is 4.74 Å². The van der Waals surface area contributed by atoms with Gasteiger partial charge in [0.15, 0.2) is 0 Å². The summed E-state index contributed by atoms with van der Waals surface area (Å²) >= 11 is 0. The van der Waals surface area contributed by atoms with Crippen molar-refractivity contribution in [3.63, 3.8) is 0 Å². The van der Waals surface area contributed by atoms with Gasteiger partial charge in [-0.3, -0.25) is 4.79 Å². The first-order chi connectivity index (χ1) is 11.8. The zero-order chi connectivity index (χ0) is 17.7. The van der Waals surface area contributed by atoms with Crippen LogP contribution in [0.4, 0.5) is 0 Å². The molecule has 0 amide bonds. The number of halogens is 1. The normalized spacial score (nSPS) is 10.5. The van der Waals surface area contributed by atoms with Crippen molar-refractivity contribution in [1.29, 1.82) is 0 Å². The van der Waals surface area contributed by atoms with E-state index in [0.717, 1.165) is 13.0 Å². The molecule has 0 saturated carbocycles. The van der Waals surface area contributed by atoms with Gasteiger partial charge in [0.25, 0.3) is 0 Å². The number of rotatable bonds is 19. The van der Waals surface area contributed by atoms with Crippen molar-refractivity contribution < 1.29 is 9.53 Å².